The number of ether oxygens (including phenoxy) is 1. The van der Waals surface area contributed by atoms with Crippen molar-refractivity contribution in [3.8, 4) is 11.4 Å². The van der Waals surface area contributed by atoms with Crippen molar-refractivity contribution in [2.75, 3.05) is 43.1 Å². The summed E-state index contributed by atoms with van der Waals surface area (Å²) in [6, 6.07) is 7.26. The lowest BCUT2D eigenvalue weighted by atomic mass is 9.85. The van der Waals surface area contributed by atoms with E-state index >= 15 is 0 Å². The Labute approximate surface area is 212 Å². The molecule has 36 heavy (non-hydrogen) atoms. The van der Waals surface area contributed by atoms with Crippen molar-refractivity contribution in [1.29, 1.82) is 0 Å². The van der Waals surface area contributed by atoms with E-state index in [2.05, 4.69) is 36.3 Å². The molecule has 0 spiro atoms. The molecule has 10 heteroatoms. The van der Waals surface area contributed by atoms with E-state index in [4.69, 9.17) is 14.7 Å². The van der Waals surface area contributed by atoms with Crippen LogP contribution in [0.15, 0.2) is 24.3 Å². The second-order valence-corrected chi connectivity index (χ2v) is 9.90. The molecule has 2 atom stereocenters. The zero-order valence-corrected chi connectivity index (χ0v) is 21.5. The standard InChI is InChI=1S/C26H36N6O4/c1-5-27-25(33)28-20-8-6-18(7-9-20)23-29-21-14-31(26(34)35)13-19(12-16(2)3)22(21)24(30-23)32-10-11-36-15-17(32)4/h6-9,16-17,19H,5,10-15H2,1-4H3,(H,34,35)(H2,27,28,33)/t17?,19-/m1/s1. The first kappa shape index (κ1) is 25.7. The minimum Gasteiger partial charge on any atom is -0.465 e. The van der Waals surface area contributed by atoms with Crippen LogP contribution in [0, 0.1) is 5.92 Å². The fraction of sp³-hybridized carbons (Fsp3) is 0.538. The first-order valence-corrected chi connectivity index (χ1v) is 12.6. The average Bonchev–Trinajstić information content (AvgIpc) is 2.83. The van der Waals surface area contributed by atoms with Crippen LogP contribution >= 0.6 is 0 Å². The number of carbonyl (C=O) groups is 2. The average molecular weight is 497 g/mol. The van der Waals surface area contributed by atoms with Crippen LogP contribution in [0.25, 0.3) is 11.4 Å². The Hall–Kier alpha value is -3.40. The number of anilines is 2. The van der Waals surface area contributed by atoms with Gasteiger partial charge in [0.05, 0.1) is 31.5 Å². The summed E-state index contributed by atoms with van der Waals surface area (Å²) in [6.07, 6.45) is -0.0811. The number of aromatic nitrogens is 2. The Bertz CT molecular complexity index is 1090. The normalized spacial score (nSPS) is 19.7. The number of nitrogens with one attached hydrogen (secondary N) is 2. The molecule has 1 aromatic heterocycles. The van der Waals surface area contributed by atoms with Gasteiger partial charge < -0.3 is 30.3 Å². The van der Waals surface area contributed by atoms with E-state index < -0.39 is 6.09 Å². The summed E-state index contributed by atoms with van der Waals surface area (Å²) < 4.78 is 5.68. The quantitative estimate of drug-likeness (QED) is 0.550. The first-order valence-electron chi connectivity index (χ1n) is 12.6. The van der Waals surface area contributed by atoms with E-state index in [1.165, 1.54) is 4.90 Å². The molecule has 0 aliphatic carbocycles. The molecule has 1 fully saturated rings. The molecule has 3 amide bonds. The molecule has 4 rings (SSSR count). The largest absolute Gasteiger partial charge is 0.465 e. The molecule has 1 aromatic carbocycles. The van der Waals surface area contributed by atoms with Gasteiger partial charge in [0.15, 0.2) is 5.82 Å². The maximum atomic E-state index is 12.0. The van der Waals surface area contributed by atoms with Crippen LogP contribution in [0.5, 0.6) is 0 Å². The number of carbonyl (C=O) groups excluding carboxylic acids is 1. The number of rotatable bonds is 6. The lowest BCUT2D eigenvalue weighted by Crippen LogP contribution is -2.46. The monoisotopic (exact) mass is 496 g/mol. The minimum atomic E-state index is -0.934. The van der Waals surface area contributed by atoms with Crippen LogP contribution < -0.4 is 15.5 Å². The van der Waals surface area contributed by atoms with Gasteiger partial charge in [-0.1, -0.05) is 13.8 Å². The molecule has 2 aromatic rings. The van der Waals surface area contributed by atoms with E-state index in [0.29, 0.717) is 43.7 Å². The Balaban J connectivity index is 1.77. The molecule has 2 aliphatic heterocycles. The number of fused-ring (bicyclic) bond motifs is 1. The Morgan fingerprint density at radius 2 is 1.97 bits per heavy atom. The lowest BCUT2D eigenvalue weighted by molar-refractivity contribution is 0.0981. The van der Waals surface area contributed by atoms with Crippen LogP contribution in [-0.4, -0.2) is 71.0 Å². The fourth-order valence-corrected chi connectivity index (χ4v) is 4.98. The number of benzene rings is 1. The maximum Gasteiger partial charge on any atom is 0.407 e. The topological polar surface area (TPSA) is 120 Å². The molecule has 3 N–H and O–H groups in total. The summed E-state index contributed by atoms with van der Waals surface area (Å²) >= 11 is 0. The van der Waals surface area contributed by atoms with Crippen molar-refractivity contribution in [3.05, 3.63) is 35.5 Å². The summed E-state index contributed by atoms with van der Waals surface area (Å²) in [5, 5.41) is 15.3. The van der Waals surface area contributed by atoms with Crippen molar-refractivity contribution in [3.63, 3.8) is 0 Å². The Kier molecular flexibility index (Phi) is 7.93. The van der Waals surface area contributed by atoms with Crippen molar-refractivity contribution in [1.82, 2.24) is 20.2 Å². The second kappa shape index (κ2) is 11.1. The molecule has 1 unspecified atom stereocenters. The van der Waals surface area contributed by atoms with Gasteiger partial charge in [0.25, 0.3) is 0 Å². The highest BCUT2D eigenvalue weighted by Gasteiger charge is 2.36. The summed E-state index contributed by atoms with van der Waals surface area (Å²) in [4.78, 5) is 37.5. The molecule has 0 saturated carbocycles. The van der Waals surface area contributed by atoms with Gasteiger partial charge in [-0.05, 0) is 50.5 Å². The van der Waals surface area contributed by atoms with Crippen molar-refractivity contribution < 1.29 is 19.4 Å². The Morgan fingerprint density at radius 1 is 1.22 bits per heavy atom. The minimum absolute atomic E-state index is 0.0209. The van der Waals surface area contributed by atoms with E-state index in [-0.39, 0.29) is 24.5 Å². The van der Waals surface area contributed by atoms with E-state index in [1.807, 2.05) is 31.2 Å². The molecule has 0 radical (unpaired) electrons. The molecule has 10 nitrogen and oxygen atoms in total. The van der Waals surface area contributed by atoms with Crippen LogP contribution in [0.2, 0.25) is 0 Å². The maximum absolute atomic E-state index is 12.0. The number of hydrogen-bond donors (Lipinski definition) is 3. The number of carboxylic acid groups (broad SMARTS) is 1. The van der Waals surface area contributed by atoms with Crippen LogP contribution in [0.1, 0.15) is 51.3 Å². The molecule has 2 aliphatic rings. The zero-order valence-electron chi connectivity index (χ0n) is 21.5. The van der Waals surface area contributed by atoms with Gasteiger partial charge in [-0.2, -0.15) is 0 Å². The number of hydrogen-bond acceptors (Lipinski definition) is 6. The molecule has 1 saturated heterocycles. The third kappa shape index (κ3) is 5.70. The summed E-state index contributed by atoms with van der Waals surface area (Å²) in [5.74, 6) is 1.84. The zero-order chi connectivity index (χ0) is 25.8. The van der Waals surface area contributed by atoms with E-state index in [9.17, 15) is 14.7 Å². The fourth-order valence-electron chi connectivity index (χ4n) is 4.98. The van der Waals surface area contributed by atoms with Crippen molar-refractivity contribution in [2.45, 2.75) is 52.6 Å². The van der Waals surface area contributed by atoms with Crippen molar-refractivity contribution in [2.24, 2.45) is 5.92 Å². The SMILES string of the molecule is CCNC(=O)Nc1ccc(-c2nc3c(c(N4CCOCC4C)n2)[C@H](CC(C)C)CN(C(=O)O)C3)cc1. The van der Waals surface area contributed by atoms with Gasteiger partial charge in [0, 0.05) is 42.4 Å². The second-order valence-electron chi connectivity index (χ2n) is 9.90. The third-order valence-corrected chi connectivity index (χ3v) is 6.60. The highest BCUT2D eigenvalue weighted by atomic mass is 16.5. The molecule has 3 heterocycles. The summed E-state index contributed by atoms with van der Waals surface area (Å²) in [6.45, 7) is 11.5. The predicted molar refractivity (Wildman–Crippen MR) is 138 cm³/mol. The van der Waals surface area contributed by atoms with Crippen LogP contribution in [0.3, 0.4) is 0 Å². The van der Waals surface area contributed by atoms with Gasteiger partial charge in [0.2, 0.25) is 0 Å². The highest BCUT2D eigenvalue weighted by molar-refractivity contribution is 5.89. The Morgan fingerprint density at radius 3 is 2.61 bits per heavy atom. The number of amides is 3. The van der Waals surface area contributed by atoms with Gasteiger partial charge in [0.1, 0.15) is 5.82 Å². The molecular weight excluding hydrogens is 460 g/mol. The number of nitrogens with zero attached hydrogens (tertiary/aromatic N) is 4. The van der Waals surface area contributed by atoms with Gasteiger partial charge >= 0.3 is 12.1 Å². The summed E-state index contributed by atoms with van der Waals surface area (Å²) in [5.41, 5.74) is 3.29. The smallest absolute Gasteiger partial charge is 0.407 e. The molecular formula is C26H36N6O4. The first-order chi connectivity index (χ1) is 17.3. The lowest BCUT2D eigenvalue weighted by Gasteiger charge is -2.40. The van der Waals surface area contributed by atoms with Crippen LogP contribution in [-0.2, 0) is 11.3 Å². The third-order valence-electron chi connectivity index (χ3n) is 6.60. The van der Waals surface area contributed by atoms with Gasteiger partial charge in [-0.25, -0.2) is 19.6 Å². The van der Waals surface area contributed by atoms with Gasteiger partial charge in [-0.15, -0.1) is 0 Å². The highest BCUT2D eigenvalue weighted by Crippen LogP contribution is 2.40. The van der Waals surface area contributed by atoms with E-state index in [1.54, 1.807) is 0 Å². The molecule has 194 valence electrons. The van der Waals surface area contributed by atoms with E-state index in [0.717, 1.165) is 35.6 Å². The van der Waals surface area contributed by atoms with Crippen molar-refractivity contribution >= 4 is 23.6 Å². The number of morpholine rings is 1. The predicted octanol–water partition coefficient (Wildman–Crippen LogP) is 4.13. The van der Waals surface area contributed by atoms with Crippen LogP contribution in [0.4, 0.5) is 21.1 Å². The van der Waals surface area contributed by atoms with Gasteiger partial charge in [-0.3, -0.25) is 0 Å². The summed E-state index contributed by atoms with van der Waals surface area (Å²) in [7, 11) is 0. The number of urea groups is 1. The molecule has 0 bridgehead atoms.